The van der Waals surface area contributed by atoms with Gasteiger partial charge in [0.1, 0.15) is 5.84 Å². The van der Waals surface area contributed by atoms with Crippen molar-refractivity contribution in [3.05, 3.63) is 23.9 Å². The summed E-state index contributed by atoms with van der Waals surface area (Å²) >= 11 is 0. The Balaban J connectivity index is 2.84. The highest BCUT2D eigenvalue weighted by molar-refractivity contribution is 5.95. The van der Waals surface area contributed by atoms with Gasteiger partial charge in [-0.3, -0.25) is 0 Å². The first-order valence-corrected chi connectivity index (χ1v) is 2.51. The van der Waals surface area contributed by atoms with Crippen LogP contribution in [0.2, 0.25) is 0 Å². The molecule has 1 aliphatic rings. The van der Waals surface area contributed by atoms with Gasteiger partial charge in [-0.25, -0.2) is 4.99 Å². The summed E-state index contributed by atoms with van der Waals surface area (Å²) in [6, 6.07) is 0. The van der Waals surface area contributed by atoms with Crippen molar-refractivity contribution in [2.45, 2.75) is 6.92 Å². The summed E-state index contributed by atoms with van der Waals surface area (Å²) in [6.07, 6.45) is 5.58. The highest BCUT2D eigenvalue weighted by atomic mass is 14.9. The first-order chi connectivity index (χ1) is 3.83. The van der Waals surface area contributed by atoms with E-state index in [0.29, 0.717) is 5.84 Å². The molecule has 2 nitrogen and oxygen atoms in total. The van der Waals surface area contributed by atoms with Gasteiger partial charge in [0.2, 0.25) is 0 Å². The number of hydrogen-bond acceptors (Lipinski definition) is 2. The fourth-order valence-electron chi connectivity index (χ4n) is 0.555. The van der Waals surface area contributed by atoms with E-state index < -0.39 is 0 Å². The van der Waals surface area contributed by atoms with Crippen molar-refractivity contribution in [1.82, 2.24) is 0 Å². The fraction of sp³-hybridized carbons (Fsp3) is 0.167. The Bertz CT molecular complexity index is 175. The van der Waals surface area contributed by atoms with Crippen LogP contribution in [0.1, 0.15) is 6.92 Å². The molecule has 0 spiro atoms. The van der Waals surface area contributed by atoms with E-state index in [2.05, 4.69) is 4.99 Å². The zero-order chi connectivity index (χ0) is 5.98. The van der Waals surface area contributed by atoms with Crippen LogP contribution in [0.3, 0.4) is 0 Å². The van der Waals surface area contributed by atoms with Crippen molar-refractivity contribution in [2.75, 3.05) is 0 Å². The van der Waals surface area contributed by atoms with Gasteiger partial charge < -0.3 is 5.73 Å². The molecule has 42 valence electrons. The first-order valence-electron chi connectivity index (χ1n) is 2.51. The molecule has 0 radical (unpaired) electrons. The molecule has 0 saturated carbocycles. The zero-order valence-electron chi connectivity index (χ0n) is 4.76. The molecule has 0 amide bonds. The van der Waals surface area contributed by atoms with E-state index in [1.165, 1.54) is 0 Å². The Morgan fingerprint density at radius 3 is 2.62 bits per heavy atom. The minimum Gasteiger partial charge on any atom is -0.384 e. The van der Waals surface area contributed by atoms with Crippen LogP contribution in [0.25, 0.3) is 0 Å². The number of hydrogen-bond donors (Lipinski definition) is 1. The minimum absolute atomic E-state index is 0.595. The topological polar surface area (TPSA) is 38.4 Å². The molecule has 1 heterocycles. The molecule has 0 aromatic carbocycles. The molecule has 0 unspecified atom stereocenters. The molecule has 0 aromatic rings. The molecule has 1 aliphatic heterocycles. The first kappa shape index (κ1) is 5.09. The fourth-order valence-corrected chi connectivity index (χ4v) is 0.555. The van der Waals surface area contributed by atoms with Gasteiger partial charge in [0, 0.05) is 0 Å². The predicted octanol–water partition coefficient (Wildman–Crippen LogP) is 0.817. The second kappa shape index (κ2) is 1.82. The van der Waals surface area contributed by atoms with E-state index in [4.69, 9.17) is 5.73 Å². The van der Waals surface area contributed by atoms with E-state index >= 15 is 0 Å². The Kier molecular flexibility index (Phi) is 1.16. The van der Waals surface area contributed by atoms with E-state index in [1.54, 1.807) is 6.08 Å². The van der Waals surface area contributed by atoms with Crippen LogP contribution in [0.5, 0.6) is 0 Å². The lowest BCUT2D eigenvalue weighted by molar-refractivity contribution is 1.40. The maximum absolute atomic E-state index is 5.32. The summed E-state index contributed by atoms with van der Waals surface area (Å²) in [5.41, 5.74) is 6.27. The van der Waals surface area contributed by atoms with Crippen LogP contribution in [0, 0.1) is 0 Å². The van der Waals surface area contributed by atoms with Crippen LogP contribution in [0.15, 0.2) is 28.9 Å². The summed E-state index contributed by atoms with van der Waals surface area (Å²) < 4.78 is 0. The molecule has 0 atom stereocenters. The van der Waals surface area contributed by atoms with Crippen molar-refractivity contribution in [3.63, 3.8) is 0 Å². The molecule has 0 bridgehead atoms. The molecule has 0 fully saturated rings. The lowest BCUT2D eigenvalue weighted by Crippen LogP contribution is -2.03. The van der Waals surface area contributed by atoms with Crippen molar-refractivity contribution in [1.29, 1.82) is 0 Å². The number of rotatable bonds is 0. The quantitative estimate of drug-likeness (QED) is 0.490. The molecule has 1 rings (SSSR count). The lowest BCUT2D eigenvalue weighted by Gasteiger charge is -1.81. The van der Waals surface area contributed by atoms with Crippen molar-refractivity contribution in [2.24, 2.45) is 10.7 Å². The van der Waals surface area contributed by atoms with Crippen LogP contribution < -0.4 is 5.73 Å². The highest BCUT2D eigenvalue weighted by Crippen LogP contribution is 2.04. The number of allylic oxidation sites excluding steroid dienone is 2. The maximum Gasteiger partial charge on any atom is 0.124 e. The number of nitrogens with zero attached hydrogens (tertiary/aromatic N) is 1. The summed E-state index contributed by atoms with van der Waals surface area (Å²) in [4.78, 5) is 3.95. The Morgan fingerprint density at radius 1 is 1.62 bits per heavy atom. The third-order valence-corrected chi connectivity index (χ3v) is 0.979. The summed E-state index contributed by atoms with van der Waals surface area (Å²) in [6.45, 7) is 1.93. The third-order valence-electron chi connectivity index (χ3n) is 0.979. The van der Waals surface area contributed by atoms with Crippen molar-refractivity contribution < 1.29 is 0 Å². The average Bonchev–Trinajstić information content (AvgIpc) is 2.14. The Hall–Kier alpha value is -1.05. The predicted molar refractivity (Wildman–Crippen MR) is 34.5 cm³/mol. The normalized spacial score (nSPS) is 22.1. The largest absolute Gasteiger partial charge is 0.384 e. The van der Waals surface area contributed by atoms with E-state index in [1.807, 2.05) is 19.1 Å². The van der Waals surface area contributed by atoms with Gasteiger partial charge in [0.05, 0.1) is 5.70 Å². The van der Waals surface area contributed by atoms with Crippen LogP contribution in [0.4, 0.5) is 0 Å². The summed E-state index contributed by atoms with van der Waals surface area (Å²) in [5.74, 6) is 0.595. The third kappa shape index (κ3) is 0.780. The second-order valence-corrected chi connectivity index (χ2v) is 1.58. The van der Waals surface area contributed by atoms with Crippen LogP contribution in [-0.2, 0) is 0 Å². The number of nitrogens with two attached hydrogens (primary N) is 1. The lowest BCUT2D eigenvalue weighted by atomic mass is 10.4. The molecule has 8 heavy (non-hydrogen) atoms. The smallest absolute Gasteiger partial charge is 0.124 e. The standard InChI is InChI=1S/C6H8N2/c1-2-5-3-4-6(7)8-5/h2-4H,1H3,(H2,7,8)/b5-2-. The molecule has 0 aliphatic carbocycles. The number of aliphatic imine (C=N–C) groups is 1. The zero-order valence-corrected chi connectivity index (χ0v) is 4.76. The summed E-state index contributed by atoms with van der Waals surface area (Å²) in [5, 5.41) is 0. The minimum atomic E-state index is 0.595. The molecule has 0 aromatic heterocycles. The van der Waals surface area contributed by atoms with Crippen molar-refractivity contribution in [3.8, 4) is 0 Å². The monoisotopic (exact) mass is 108 g/mol. The molecule has 2 heteroatoms. The van der Waals surface area contributed by atoms with Gasteiger partial charge in [-0.05, 0) is 19.1 Å². The molecular formula is C6H8N2. The van der Waals surface area contributed by atoms with Gasteiger partial charge in [-0.15, -0.1) is 0 Å². The maximum atomic E-state index is 5.32. The van der Waals surface area contributed by atoms with Gasteiger partial charge in [0.15, 0.2) is 0 Å². The SMILES string of the molecule is C/C=C1/C=CC(N)=N1. The average molecular weight is 108 g/mol. The van der Waals surface area contributed by atoms with E-state index in [-0.39, 0.29) is 0 Å². The van der Waals surface area contributed by atoms with Gasteiger partial charge in [-0.1, -0.05) is 6.08 Å². The van der Waals surface area contributed by atoms with Crippen LogP contribution in [-0.4, -0.2) is 5.84 Å². The highest BCUT2D eigenvalue weighted by Gasteiger charge is 1.94. The van der Waals surface area contributed by atoms with Gasteiger partial charge >= 0.3 is 0 Å². The molecule has 2 N–H and O–H groups in total. The Labute approximate surface area is 48.4 Å². The van der Waals surface area contributed by atoms with Crippen molar-refractivity contribution >= 4 is 5.84 Å². The van der Waals surface area contributed by atoms with Crippen LogP contribution >= 0.6 is 0 Å². The summed E-state index contributed by atoms with van der Waals surface area (Å²) in [7, 11) is 0. The molecular weight excluding hydrogens is 100 g/mol. The number of amidine groups is 1. The van der Waals surface area contributed by atoms with E-state index in [0.717, 1.165) is 5.70 Å². The molecule has 0 saturated heterocycles. The van der Waals surface area contributed by atoms with Gasteiger partial charge in [0.25, 0.3) is 0 Å². The van der Waals surface area contributed by atoms with Gasteiger partial charge in [-0.2, -0.15) is 0 Å². The van der Waals surface area contributed by atoms with E-state index in [9.17, 15) is 0 Å². The Morgan fingerprint density at radius 2 is 2.38 bits per heavy atom. The second-order valence-electron chi connectivity index (χ2n) is 1.58.